The molecule has 0 amide bonds. The fourth-order valence-electron chi connectivity index (χ4n) is 3.95. The number of esters is 1. The summed E-state index contributed by atoms with van der Waals surface area (Å²) in [6, 6.07) is 9.72. The fraction of sp³-hybridized carbons (Fsp3) is 0.435. The van der Waals surface area contributed by atoms with Crippen molar-refractivity contribution in [2.45, 2.75) is 39.5 Å². The van der Waals surface area contributed by atoms with Crippen LogP contribution in [0.1, 0.15) is 45.1 Å². The zero-order valence-corrected chi connectivity index (χ0v) is 18.5. The number of ether oxygens (including phenoxy) is 2. The van der Waals surface area contributed by atoms with Crippen LogP contribution in [-0.2, 0) is 14.3 Å². The lowest BCUT2D eigenvalue weighted by Crippen LogP contribution is -2.37. The van der Waals surface area contributed by atoms with E-state index in [0.717, 1.165) is 11.3 Å². The van der Waals surface area contributed by atoms with Gasteiger partial charge in [0.15, 0.2) is 5.78 Å². The minimum atomic E-state index is -0.467. The molecule has 3 rings (SSSR count). The van der Waals surface area contributed by atoms with Gasteiger partial charge in [-0.25, -0.2) is 0 Å². The highest BCUT2D eigenvalue weighted by molar-refractivity contribution is 8.03. The van der Waals surface area contributed by atoms with Gasteiger partial charge in [0, 0.05) is 17.7 Å². The third-order valence-electron chi connectivity index (χ3n) is 5.22. The normalized spacial score (nSPS) is 20.2. The first-order valence-corrected chi connectivity index (χ1v) is 10.9. The predicted octanol–water partition coefficient (Wildman–Crippen LogP) is 4.06. The number of carbonyl (C=O) groups excluding carboxylic acids is 2. The Morgan fingerprint density at radius 2 is 2.00 bits per heavy atom. The third kappa shape index (κ3) is 4.54. The Balaban J connectivity index is 2.06. The average Bonchev–Trinajstić information content (AvgIpc) is 2.70. The van der Waals surface area contributed by atoms with E-state index in [2.05, 4.69) is 25.2 Å². The van der Waals surface area contributed by atoms with E-state index in [0.29, 0.717) is 41.4 Å². The number of nitriles is 1. The van der Waals surface area contributed by atoms with E-state index in [1.54, 1.807) is 14.0 Å². The smallest absolute Gasteiger partial charge is 0.316 e. The zero-order valence-electron chi connectivity index (χ0n) is 17.7. The first-order chi connectivity index (χ1) is 14.3. The summed E-state index contributed by atoms with van der Waals surface area (Å²) in [5.41, 5.74) is 2.61. The molecule has 6 nitrogen and oxygen atoms in total. The van der Waals surface area contributed by atoms with E-state index >= 15 is 0 Å². The number of thioether (sulfide) groups is 1. The first-order valence-electron chi connectivity index (χ1n) is 9.89. The molecule has 0 saturated heterocycles. The molecule has 30 heavy (non-hydrogen) atoms. The molecular formula is C23H26N2O4S. The van der Waals surface area contributed by atoms with Crippen LogP contribution in [-0.4, -0.2) is 31.2 Å². The van der Waals surface area contributed by atoms with Gasteiger partial charge >= 0.3 is 5.97 Å². The highest BCUT2D eigenvalue weighted by Gasteiger charge is 2.41. The zero-order chi connectivity index (χ0) is 21.9. The van der Waals surface area contributed by atoms with E-state index in [9.17, 15) is 14.9 Å². The maximum absolute atomic E-state index is 13.1. The molecule has 1 heterocycles. The Labute approximate surface area is 181 Å². The molecule has 1 aromatic carbocycles. The summed E-state index contributed by atoms with van der Waals surface area (Å²) in [6.07, 6.45) is 1.13. The van der Waals surface area contributed by atoms with Gasteiger partial charge in [0.25, 0.3) is 0 Å². The first kappa shape index (κ1) is 22.0. The lowest BCUT2D eigenvalue weighted by Gasteiger charge is -2.39. The number of Topliss-reactive ketones (excluding diaryl/α,β-unsaturated/α-hetero) is 1. The van der Waals surface area contributed by atoms with Gasteiger partial charge in [-0.1, -0.05) is 37.7 Å². The molecule has 0 bridgehead atoms. The van der Waals surface area contributed by atoms with Crippen LogP contribution in [0.2, 0.25) is 0 Å². The molecule has 2 aliphatic rings. The summed E-state index contributed by atoms with van der Waals surface area (Å²) in [4.78, 5) is 25.0. The highest BCUT2D eigenvalue weighted by Crippen LogP contribution is 2.47. The van der Waals surface area contributed by atoms with Crippen molar-refractivity contribution < 1.29 is 19.1 Å². The summed E-state index contributed by atoms with van der Waals surface area (Å²) in [5.74, 6) is 0.0471. The molecule has 1 aliphatic heterocycles. The van der Waals surface area contributed by atoms with E-state index in [4.69, 9.17) is 9.47 Å². The van der Waals surface area contributed by atoms with E-state index < -0.39 is 5.92 Å². The number of methoxy groups -OCH3 is 1. The Hall–Kier alpha value is -2.72. The minimum absolute atomic E-state index is 0.0526. The SMILES string of the molecule is CCOC(=O)CSC1=C(C#N)[C@@H](c2ccc(OC)cc2)C2=C(CC(C)(C)CC2=O)N1. The second kappa shape index (κ2) is 8.97. The predicted molar refractivity (Wildman–Crippen MR) is 116 cm³/mol. The van der Waals surface area contributed by atoms with Gasteiger partial charge in [-0.05, 0) is 36.5 Å². The van der Waals surface area contributed by atoms with Crippen LogP contribution in [0.3, 0.4) is 0 Å². The van der Waals surface area contributed by atoms with Crippen molar-refractivity contribution in [3.05, 3.63) is 51.7 Å². The van der Waals surface area contributed by atoms with Crippen LogP contribution in [0.5, 0.6) is 5.75 Å². The molecule has 0 saturated carbocycles. The van der Waals surface area contributed by atoms with Gasteiger partial charge < -0.3 is 14.8 Å². The Bertz CT molecular complexity index is 954. The van der Waals surface area contributed by atoms with Crippen molar-refractivity contribution in [1.29, 1.82) is 5.26 Å². The lowest BCUT2D eigenvalue weighted by atomic mass is 9.69. The van der Waals surface area contributed by atoms with E-state index in [1.165, 1.54) is 11.8 Å². The van der Waals surface area contributed by atoms with Crippen molar-refractivity contribution in [1.82, 2.24) is 5.32 Å². The summed E-state index contributed by atoms with van der Waals surface area (Å²) in [7, 11) is 1.59. The van der Waals surface area contributed by atoms with E-state index in [-0.39, 0.29) is 22.9 Å². The standard InChI is InChI=1S/C23H26N2O4S/c1-5-29-19(27)13-30-22-16(12-24)20(14-6-8-15(28-4)9-7-14)21-17(25-22)10-23(2,3)11-18(21)26/h6-9,20,25H,5,10-11,13H2,1-4H3/t20-/m1/s1. The quantitative estimate of drug-likeness (QED) is 0.686. The monoisotopic (exact) mass is 426 g/mol. The van der Waals surface area contributed by atoms with Crippen molar-refractivity contribution >= 4 is 23.5 Å². The van der Waals surface area contributed by atoms with Gasteiger partial charge in [-0.15, -0.1) is 0 Å². The number of dihydropyridines is 1. The third-order valence-corrected chi connectivity index (χ3v) is 6.21. The topological polar surface area (TPSA) is 88.4 Å². The van der Waals surface area contributed by atoms with Crippen molar-refractivity contribution in [3.63, 3.8) is 0 Å². The van der Waals surface area contributed by atoms with Crippen LogP contribution in [0, 0.1) is 16.7 Å². The second-order valence-electron chi connectivity index (χ2n) is 8.11. The number of nitrogens with zero attached hydrogens (tertiary/aromatic N) is 1. The van der Waals surface area contributed by atoms with Crippen molar-refractivity contribution in [3.8, 4) is 11.8 Å². The Morgan fingerprint density at radius 1 is 1.30 bits per heavy atom. The van der Waals surface area contributed by atoms with Gasteiger partial charge in [0.1, 0.15) is 5.75 Å². The van der Waals surface area contributed by atoms with Gasteiger partial charge in [-0.3, -0.25) is 9.59 Å². The molecule has 158 valence electrons. The lowest BCUT2D eigenvalue weighted by molar-refractivity contribution is -0.139. The summed E-state index contributed by atoms with van der Waals surface area (Å²) in [5, 5.41) is 13.9. The molecule has 0 fully saturated rings. The van der Waals surface area contributed by atoms with Crippen molar-refractivity contribution in [2.24, 2.45) is 5.41 Å². The number of hydrogen-bond acceptors (Lipinski definition) is 7. The highest BCUT2D eigenvalue weighted by atomic mass is 32.2. The molecule has 1 aromatic rings. The summed E-state index contributed by atoms with van der Waals surface area (Å²) < 4.78 is 10.3. The Kier molecular flexibility index (Phi) is 6.57. The number of hydrogen-bond donors (Lipinski definition) is 1. The van der Waals surface area contributed by atoms with Gasteiger partial charge in [0.05, 0.1) is 42.1 Å². The molecule has 0 unspecified atom stereocenters. The molecule has 1 N–H and O–H groups in total. The van der Waals surface area contributed by atoms with Crippen LogP contribution in [0.15, 0.2) is 46.1 Å². The van der Waals surface area contributed by atoms with Crippen LogP contribution in [0.25, 0.3) is 0 Å². The Morgan fingerprint density at radius 3 is 2.60 bits per heavy atom. The fourth-order valence-corrected chi connectivity index (χ4v) is 4.81. The number of ketones is 1. The molecular weight excluding hydrogens is 400 g/mol. The summed E-state index contributed by atoms with van der Waals surface area (Å²) in [6.45, 7) is 6.19. The average molecular weight is 427 g/mol. The largest absolute Gasteiger partial charge is 0.497 e. The molecule has 0 spiro atoms. The van der Waals surface area contributed by atoms with E-state index in [1.807, 2.05) is 24.3 Å². The van der Waals surface area contributed by atoms with Crippen LogP contribution >= 0.6 is 11.8 Å². The molecule has 0 aromatic heterocycles. The van der Waals surface area contributed by atoms with Crippen LogP contribution < -0.4 is 10.1 Å². The van der Waals surface area contributed by atoms with Crippen molar-refractivity contribution in [2.75, 3.05) is 19.5 Å². The van der Waals surface area contributed by atoms with Crippen LogP contribution in [0.4, 0.5) is 0 Å². The number of rotatable bonds is 6. The summed E-state index contributed by atoms with van der Waals surface area (Å²) >= 11 is 1.24. The van der Waals surface area contributed by atoms with Gasteiger partial charge in [-0.2, -0.15) is 5.26 Å². The molecule has 7 heteroatoms. The minimum Gasteiger partial charge on any atom is -0.497 e. The molecule has 1 atom stereocenters. The molecule has 1 aliphatic carbocycles. The maximum atomic E-state index is 13.1. The number of nitrogens with one attached hydrogen (secondary N) is 1. The molecule has 0 radical (unpaired) electrons. The second-order valence-corrected chi connectivity index (χ2v) is 9.10. The van der Waals surface area contributed by atoms with Gasteiger partial charge in [0.2, 0.25) is 0 Å². The number of benzene rings is 1. The number of carbonyl (C=O) groups is 2. The maximum Gasteiger partial charge on any atom is 0.316 e. The number of allylic oxidation sites excluding steroid dienone is 3.